The van der Waals surface area contributed by atoms with Gasteiger partial charge in [-0.3, -0.25) is 9.59 Å². The molecule has 0 radical (unpaired) electrons. The summed E-state index contributed by atoms with van der Waals surface area (Å²) in [5.74, 6) is -0.371. The highest BCUT2D eigenvalue weighted by molar-refractivity contribution is 7.99. The number of anilines is 1. The molecule has 0 atom stereocenters. The number of halogens is 1. The van der Waals surface area contributed by atoms with E-state index in [4.69, 9.17) is 4.42 Å². The van der Waals surface area contributed by atoms with Crippen LogP contribution in [-0.2, 0) is 13.5 Å². The summed E-state index contributed by atoms with van der Waals surface area (Å²) < 4.78 is 21.6. The van der Waals surface area contributed by atoms with E-state index in [-0.39, 0.29) is 17.0 Å². The van der Waals surface area contributed by atoms with Gasteiger partial charge in [0.2, 0.25) is 0 Å². The van der Waals surface area contributed by atoms with Crippen LogP contribution in [-0.4, -0.2) is 21.2 Å². The number of carbonyl (C=O) groups is 2. The fourth-order valence-electron chi connectivity index (χ4n) is 3.72. The van der Waals surface area contributed by atoms with Crippen LogP contribution in [0.15, 0.2) is 45.1 Å². The largest absolute Gasteiger partial charge is 0.455 e. The number of rotatable bonds is 4. The third-order valence-corrected chi connectivity index (χ3v) is 6.30. The van der Waals surface area contributed by atoms with Crippen molar-refractivity contribution in [2.45, 2.75) is 43.7 Å². The molecule has 3 aromatic rings. The summed E-state index contributed by atoms with van der Waals surface area (Å²) in [6, 6.07) is 4.19. The van der Waals surface area contributed by atoms with Gasteiger partial charge in [-0.05, 0) is 42.3 Å². The third kappa shape index (κ3) is 3.79. The lowest BCUT2D eigenvalue weighted by Crippen LogP contribution is -2.26. The van der Waals surface area contributed by atoms with Crippen LogP contribution in [0.5, 0.6) is 0 Å². The van der Waals surface area contributed by atoms with E-state index in [1.54, 1.807) is 25.4 Å². The van der Waals surface area contributed by atoms with Gasteiger partial charge in [-0.15, -0.1) is 0 Å². The normalized spacial score (nSPS) is 15.2. The maximum atomic E-state index is 13.9. The Morgan fingerprint density at radius 1 is 1.33 bits per heavy atom. The van der Waals surface area contributed by atoms with E-state index in [1.807, 2.05) is 25.5 Å². The van der Waals surface area contributed by atoms with Crippen molar-refractivity contribution in [3.63, 3.8) is 0 Å². The van der Waals surface area contributed by atoms with E-state index in [9.17, 15) is 14.0 Å². The predicted octanol–water partition coefficient (Wildman–Crippen LogP) is 5.02. The summed E-state index contributed by atoms with van der Waals surface area (Å²) in [6.07, 6.45) is 4.47. The molecule has 2 heterocycles. The van der Waals surface area contributed by atoms with Crippen LogP contribution < -0.4 is 5.32 Å². The van der Waals surface area contributed by atoms with Crippen LogP contribution in [0, 0.1) is 18.2 Å². The predicted molar refractivity (Wildman–Crippen MR) is 112 cm³/mol. The maximum Gasteiger partial charge on any atom is 0.291 e. The number of hydrogen-bond acceptors (Lipinski definition) is 5. The van der Waals surface area contributed by atoms with Crippen molar-refractivity contribution < 1.29 is 18.4 Å². The zero-order chi connectivity index (χ0) is 21.6. The summed E-state index contributed by atoms with van der Waals surface area (Å²) in [7, 11) is 1.85. The highest BCUT2D eigenvalue weighted by atomic mass is 32.2. The average molecular weight is 428 g/mol. The van der Waals surface area contributed by atoms with Crippen LogP contribution in [0.3, 0.4) is 0 Å². The van der Waals surface area contributed by atoms with Crippen molar-refractivity contribution in [1.82, 2.24) is 9.55 Å². The molecular weight excluding hydrogens is 405 g/mol. The van der Waals surface area contributed by atoms with Crippen LogP contribution in [0.2, 0.25) is 0 Å². The molecule has 0 bridgehead atoms. The van der Waals surface area contributed by atoms with E-state index < -0.39 is 11.7 Å². The molecule has 6 nitrogen and oxygen atoms in total. The van der Waals surface area contributed by atoms with Crippen LogP contribution in [0.1, 0.15) is 52.5 Å². The second-order valence-corrected chi connectivity index (χ2v) is 9.32. The zero-order valence-electron chi connectivity index (χ0n) is 17.2. The Kier molecular flexibility index (Phi) is 5.05. The van der Waals surface area contributed by atoms with Gasteiger partial charge in [-0.2, -0.15) is 0 Å². The van der Waals surface area contributed by atoms with E-state index in [0.29, 0.717) is 45.5 Å². The topological polar surface area (TPSA) is 77.1 Å². The molecule has 1 aliphatic carbocycles. The monoisotopic (exact) mass is 427 g/mol. The summed E-state index contributed by atoms with van der Waals surface area (Å²) in [5, 5.41) is 3.45. The molecule has 30 heavy (non-hydrogen) atoms. The van der Waals surface area contributed by atoms with Gasteiger partial charge in [-0.25, -0.2) is 9.37 Å². The van der Waals surface area contributed by atoms with Crippen LogP contribution in [0.4, 0.5) is 10.1 Å². The molecule has 0 spiro atoms. The van der Waals surface area contributed by atoms with Gasteiger partial charge in [0.1, 0.15) is 11.6 Å². The Balaban J connectivity index is 1.65. The second-order valence-electron chi connectivity index (χ2n) is 8.31. The average Bonchev–Trinajstić information content (AvgIpc) is 3.19. The quantitative estimate of drug-likeness (QED) is 0.633. The van der Waals surface area contributed by atoms with Gasteiger partial charge < -0.3 is 14.3 Å². The maximum absolute atomic E-state index is 13.9. The van der Waals surface area contributed by atoms with Gasteiger partial charge >= 0.3 is 0 Å². The number of Topliss-reactive ketones (excluding diaryl/α,β-unsaturated/α-hetero) is 1. The summed E-state index contributed by atoms with van der Waals surface area (Å²) >= 11 is 1.31. The van der Waals surface area contributed by atoms with E-state index in [2.05, 4.69) is 10.3 Å². The Bertz CT molecular complexity index is 1160. The van der Waals surface area contributed by atoms with Gasteiger partial charge in [0, 0.05) is 42.7 Å². The smallest absolute Gasteiger partial charge is 0.291 e. The van der Waals surface area contributed by atoms with E-state index in [0.717, 1.165) is 0 Å². The van der Waals surface area contributed by atoms with Gasteiger partial charge in [0.05, 0.1) is 11.3 Å². The number of hydrogen-bond donors (Lipinski definition) is 1. The molecule has 0 saturated carbocycles. The first-order chi connectivity index (χ1) is 14.1. The first kappa shape index (κ1) is 20.4. The SMILES string of the molecule is Cc1c(C(=O)Nc2cc(F)ccc2Sc2nccn2C)oc2c1C(=O)CC(C)(C)C2. The van der Waals surface area contributed by atoms with E-state index >= 15 is 0 Å². The molecule has 4 rings (SSSR count). The van der Waals surface area contributed by atoms with Gasteiger partial charge in [0.15, 0.2) is 16.7 Å². The molecule has 156 valence electrons. The third-order valence-electron chi connectivity index (χ3n) is 5.15. The highest BCUT2D eigenvalue weighted by Gasteiger charge is 2.37. The second kappa shape index (κ2) is 7.43. The minimum Gasteiger partial charge on any atom is -0.455 e. The number of furan rings is 1. The van der Waals surface area contributed by atoms with E-state index in [1.165, 1.54) is 23.9 Å². The number of aryl methyl sites for hydroxylation is 1. The summed E-state index contributed by atoms with van der Waals surface area (Å²) in [5.41, 5.74) is 1.13. The number of ketones is 1. The standard InChI is InChI=1S/C22H22FN3O3S/c1-12-18-15(27)10-22(2,3)11-16(18)29-19(12)20(28)25-14-9-13(23)5-6-17(14)30-21-24-7-8-26(21)4/h5-9H,10-11H2,1-4H3,(H,25,28). The number of amides is 1. The molecule has 1 amide bonds. The Morgan fingerprint density at radius 3 is 2.80 bits per heavy atom. The van der Waals surface area contributed by atoms with Crippen molar-refractivity contribution in [1.29, 1.82) is 0 Å². The fourth-order valence-corrected chi connectivity index (χ4v) is 4.59. The Morgan fingerprint density at radius 2 is 2.10 bits per heavy atom. The van der Waals surface area contributed by atoms with Crippen molar-refractivity contribution in [2.75, 3.05) is 5.32 Å². The number of nitrogens with one attached hydrogen (secondary N) is 1. The van der Waals surface area contributed by atoms with Crippen molar-refractivity contribution >= 4 is 29.1 Å². The fraction of sp³-hybridized carbons (Fsp3) is 0.318. The van der Waals surface area contributed by atoms with Crippen LogP contribution in [0.25, 0.3) is 0 Å². The van der Waals surface area contributed by atoms with Crippen molar-refractivity contribution in [2.24, 2.45) is 12.5 Å². The number of imidazole rings is 1. The van der Waals surface area contributed by atoms with Crippen molar-refractivity contribution in [3.8, 4) is 0 Å². The highest BCUT2D eigenvalue weighted by Crippen LogP contribution is 2.39. The lowest BCUT2D eigenvalue weighted by molar-refractivity contribution is 0.0898. The first-order valence-electron chi connectivity index (χ1n) is 9.56. The first-order valence-corrected chi connectivity index (χ1v) is 10.4. The lowest BCUT2D eigenvalue weighted by Gasteiger charge is -2.27. The molecule has 2 aromatic heterocycles. The number of aromatic nitrogens is 2. The van der Waals surface area contributed by atoms with Crippen molar-refractivity contribution in [3.05, 3.63) is 59.1 Å². The molecule has 0 unspecified atom stereocenters. The zero-order valence-corrected chi connectivity index (χ0v) is 18.0. The summed E-state index contributed by atoms with van der Waals surface area (Å²) in [4.78, 5) is 30.5. The Labute approximate surface area is 177 Å². The summed E-state index contributed by atoms with van der Waals surface area (Å²) in [6.45, 7) is 5.71. The Hall–Kier alpha value is -2.87. The minimum atomic E-state index is -0.514. The molecule has 0 aliphatic heterocycles. The van der Waals surface area contributed by atoms with Crippen LogP contribution >= 0.6 is 11.8 Å². The van der Waals surface area contributed by atoms with Gasteiger partial charge in [-0.1, -0.05) is 13.8 Å². The molecule has 0 saturated heterocycles. The molecule has 1 aliphatic rings. The molecule has 1 N–H and O–H groups in total. The lowest BCUT2D eigenvalue weighted by atomic mass is 9.76. The number of benzene rings is 1. The molecule has 8 heteroatoms. The van der Waals surface area contributed by atoms with Gasteiger partial charge in [0.25, 0.3) is 5.91 Å². The number of nitrogens with zero attached hydrogens (tertiary/aromatic N) is 2. The molecule has 1 aromatic carbocycles. The number of carbonyl (C=O) groups excluding carboxylic acids is 2. The molecule has 0 fully saturated rings. The molecular formula is C22H22FN3O3S. The minimum absolute atomic E-state index is 0.0154. The number of fused-ring (bicyclic) bond motifs is 1.